The van der Waals surface area contributed by atoms with Gasteiger partial charge in [0.1, 0.15) is 11.3 Å². The van der Waals surface area contributed by atoms with Crippen molar-refractivity contribution in [3.05, 3.63) is 29.8 Å². The van der Waals surface area contributed by atoms with Gasteiger partial charge in [0, 0.05) is 6.04 Å². The number of para-hydroxylation sites is 1. The minimum absolute atomic E-state index is 0.0683. The summed E-state index contributed by atoms with van der Waals surface area (Å²) in [4.78, 5) is 4.21. The Bertz CT molecular complexity index is 757. The fourth-order valence-corrected chi connectivity index (χ4v) is 4.70. The first kappa shape index (κ1) is 13.8. The monoisotopic (exact) mass is 316 g/mol. The van der Waals surface area contributed by atoms with Crippen LogP contribution in [-0.2, 0) is 15.7 Å². The van der Waals surface area contributed by atoms with E-state index in [1.165, 1.54) is 6.07 Å². The Hall–Kier alpha value is -1.14. The summed E-state index contributed by atoms with van der Waals surface area (Å²) in [5.74, 6) is 0.532. The normalized spacial score (nSPS) is 22.2. The van der Waals surface area contributed by atoms with Crippen molar-refractivity contribution in [1.29, 1.82) is 0 Å². The fraction of sp³-hybridized carbons (Fsp3) is 0.462. The van der Waals surface area contributed by atoms with Crippen molar-refractivity contribution in [2.75, 3.05) is 11.5 Å². The number of imidazole rings is 1. The molecule has 1 unspecified atom stereocenters. The van der Waals surface area contributed by atoms with Crippen LogP contribution in [0.15, 0.2) is 18.2 Å². The lowest BCUT2D eigenvalue weighted by Gasteiger charge is -2.25. The number of benzene rings is 1. The molecule has 1 atom stereocenters. The molecule has 7 heteroatoms. The van der Waals surface area contributed by atoms with Gasteiger partial charge < -0.3 is 4.57 Å². The van der Waals surface area contributed by atoms with E-state index in [-0.39, 0.29) is 28.9 Å². The third-order valence-electron chi connectivity index (χ3n) is 3.67. The summed E-state index contributed by atoms with van der Waals surface area (Å²) in [5.41, 5.74) is 0.869. The van der Waals surface area contributed by atoms with Crippen molar-refractivity contribution in [2.24, 2.45) is 0 Å². The zero-order valence-corrected chi connectivity index (χ0v) is 12.3. The molecule has 1 aliphatic rings. The number of nitrogens with zero attached hydrogens (tertiary/aromatic N) is 2. The lowest BCUT2D eigenvalue weighted by Crippen LogP contribution is -2.28. The second kappa shape index (κ2) is 5.00. The van der Waals surface area contributed by atoms with Crippen LogP contribution in [0.25, 0.3) is 11.0 Å². The third-order valence-corrected chi connectivity index (χ3v) is 5.71. The van der Waals surface area contributed by atoms with Crippen LogP contribution >= 0.6 is 11.6 Å². The average molecular weight is 317 g/mol. The van der Waals surface area contributed by atoms with Crippen molar-refractivity contribution in [3.8, 4) is 0 Å². The van der Waals surface area contributed by atoms with Crippen molar-refractivity contribution < 1.29 is 12.8 Å². The smallest absolute Gasteiger partial charge is 0.152 e. The molecule has 0 radical (unpaired) electrons. The van der Waals surface area contributed by atoms with Gasteiger partial charge in [-0.15, -0.1) is 11.6 Å². The molecule has 0 amide bonds. The molecule has 0 saturated carbocycles. The van der Waals surface area contributed by atoms with Gasteiger partial charge in [-0.25, -0.2) is 17.8 Å². The first-order chi connectivity index (χ1) is 9.52. The molecule has 2 aromatic rings. The Morgan fingerprint density at radius 1 is 1.45 bits per heavy atom. The summed E-state index contributed by atoms with van der Waals surface area (Å²) in [5, 5.41) is 0. The zero-order valence-electron chi connectivity index (χ0n) is 10.7. The van der Waals surface area contributed by atoms with Gasteiger partial charge in [-0.1, -0.05) is 6.07 Å². The van der Waals surface area contributed by atoms with Gasteiger partial charge in [-0.05, 0) is 25.0 Å². The van der Waals surface area contributed by atoms with E-state index in [1.807, 2.05) is 0 Å². The number of alkyl halides is 1. The number of hydrogen-bond acceptors (Lipinski definition) is 3. The Kier molecular flexibility index (Phi) is 3.46. The Morgan fingerprint density at radius 2 is 2.25 bits per heavy atom. The number of rotatable bonds is 2. The molecule has 2 heterocycles. The van der Waals surface area contributed by atoms with E-state index in [0.29, 0.717) is 17.8 Å². The van der Waals surface area contributed by atoms with E-state index in [0.717, 1.165) is 6.42 Å². The van der Waals surface area contributed by atoms with E-state index in [1.54, 1.807) is 16.7 Å². The van der Waals surface area contributed by atoms with Gasteiger partial charge >= 0.3 is 0 Å². The van der Waals surface area contributed by atoms with E-state index < -0.39 is 15.7 Å². The van der Waals surface area contributed by atoms with Crippen molar-refractivity contribution in [1.82, 2.24) is 9.55 Å². The summed E-state index contributed by atoms with van der Waals surface area (Å²) in [6.45, 7) is 0. The molecule has 1 aromatic heterocycles. The molecule has 1 saturated heterocycles. The number of halogens is 2. The summed E-state index contributed by atoms with van der Waals surface area (Å²) in [7, 11) is -3.05. The molecular formula is C13H14ClFN2O2S. The summed E-state index contributed by atoms with van der Waals surface area (Å²) >= 11 is 5.89. The maximum Gasteiger partial charge on any atom is 0.152 e. The minimum Gasteiger partial charge on any atom is -0.323 e. The van der Waals surface area contributed by atoms with E-state index in [2.05, 4.69) is 4.98 Å². The number of fused-ring (bicyclic) bond motifs is 1. The van der Waals surface area contributed by atoms with Gasteiger partial charge in [0.2, 0.25) is 0 Å². The van der Waals surface area contributed by atoms with Gasteiger partial charge in [0.15, 0.2) is 15.7 Å². The highest BCUT2D eigenvalue weighted by Gasteiger charge is 2.29. The molecule has 0 spiro atoms. The van der Waals surface area contributed by atoms with Crippen LogP contribution in [0, 0.1) is 5.82 Å². The van der Waals surface area contributed by atoms with Crippen molar-refractivity contribution >= 4 is 32.5 Å². The number of sulfone groups is 1. The fourth-order valence-electron chi connectivity index (χ4n) is 2.83. The quantitative estimate of drug-likeness (QED) is 0.800. The Labute approximate surface area is 121 Å². The average Bonchev–Trinajstić information content (AvgIpc) is 2.77. The predicted octanol–water partition coefficient (Wildman–Crippen LogP) is 2.66. The summed E-state index contributed by atoms with van der Waals surface area (Å²) in [6, 6.07) is 4.48. The molecule has 0 aliphatic carbocycles. The second-order valence-electron chi connectivity index (χ2n) is 5.05. The molecule has 1 fully saturated rings. The molecule has 108 valence electrons. The van der Waals surface area contributed by atoms with Crippen molar-refractivity contribution in [3.63, 3.8) is 0 Å². The van der Waals surface area contributed by atoms with Gasteiger partial charge in [0.25, 0.3) is 0 Å². The van der Waals surface area contributed by atoms with E-state index >= 15 is 0 Å². The molecule has 1 aliphatic heterocycles. The first-order valence-corrected chi connectivity index (χ1v) is 8.79. The van der Waals surface area contributed by atoms with E-state index in [9.17, 15) is 12.8 Å². The highest BCUT2D eigenvalue weighted by molar-refractivity contribution is 7.91. The Balaban J connectivity index is 2.17. The van der Waals surface area contributed by atoms with E-state index in [4.69, 9.17) is 11.6 Å². The van der Waals surface area contributed by atoms with Gasteiger partial charge in [-0.3, -0.25) is 0 Å². The maximum atomic E-state index is 13.8. The third kappa shape index (κ3) is 2.31. The van der Waals surface area contributed by atoms with Crippen molar-refractivity contribution in [2.45, 2.75) is 24.8 Å². The standard InChI is InChI=1S/C13H14ClFN2O2S/c14-7-12-16-13-10(15)4-1-5-11(13)17(12)9-3-2-6-20(18,19)8-9/h1,4-5,9H,2-3,6-8H2. The van der Waals surface area contributed by atoms with Crippen LogP contribution in [-0.4, -0.2) is 29.5 Å². The topological polar surface area (TPSA) is 52.0 Å². The van der Waals surface area contributed by atoms with Crippen LogP contribution < -0.4 is 0 Å². The van der Waals surface area contributed by atoms with Gasteiger partial charge in [0.05, 0.1) is 22.9 Å². The minimum atomic E-state index is -3.05. The first-order valence-electron chi connectivity index (χ1n) is 6.43. The Morgan fingerprint density at radius 3 is 2.95 bits per heavy atom. The number of aromatic nitrogens is 2. The maximum absolute atomic E-state index is 13.8. The van der Waals surface area contributed by atoms with Gasteiger partial charge in [-0.2, -0.15) is 0 Å². The SMILES string of the molecule is O=S1(=O)CCCC(n2c(CCl)nc3c(F)cccc32)C1. The summed E-state index contributed by atoms with van der Waals surface area (Å²) < 4.78 is 39.2. The lowest BCUT2D eigenvalue weighted by molar-refractivity contribution is 0.471. The molecule has 0 N–H and O–H groups in total. The largest absolute Gasteiger partial charge is 0.323 e. The lowest BCUT2D eigenvalue weighted by atomic mass is 10.1. The highest BCUT2D eigenvalue weighted by atomic mass is 35.5. The van der Waals surface area contributed by atoms with Crippen LogP contribution in [0.5, 0.6) is 0 Å². The molecule has 20 heavy (non-hydrogen) atoms. The molecule has 3 rings (SSSR count). The van der Waals surface area contributed by atoms with Crippen LogP contribution in [0.3, 0.4) is 0 Å². The zero-order chi connectivity index (χ0) is 14.3. The highest BCUT2D eigenvalue weighted by Crippen LogP contribution is 2.30. The number of hydrogen-bond donors (Lipinski definition) is 0. The van der Waals surface area contributed by atoms with Crippen LogP contribution in [0.2, 0.25) is 0 Å². The summed E-state index contributed by atoms with van der Waals surface area (Å²) in [6.07, 6.45) is 1.36. The molecule has 0 bridgehead atoms. The van der Waals surface area contributed by atoms with Crippen LogP contribution in [0.1, 0.15) is 24.7 Å². The molecular weight excluding hydrogens is 303 g/mol. The molecule has 4 nitrogen and oxygen atoms in total. The second-order valence-corrected chi connectivity index (χ2v) is 7.55. The predicted molar refractivity (Wildman–Crippen MR) is 76.2 cm³/mol. The van der Waals surface area contributed by atoms with Crippen LogP contribution in [0.4, 0.5) is 4.39 Å². The molecule has 1 aromatic carbocycles.